The summed E-state index contributed by atoms with van der Waals surface area (Å²) in [6, 6.07) is 0.362. The lowest BCUT2D eigenvalue weighted by Gasteiger charge is -2.39. The van der Waals surface area contributed by atoms with Gasteiger partial charge in [-0.25, -0.2) is 0 Å². The molecule has 1 amide bonds. The molecule has 0 aromatic heterocycles. The minimum Gasteiger partial charge on any atom is -0.354 e. The van der Waals surface area contributed by atoms with Crippen LogP contribution in [0.1, 0.15) is 32.1 Å². The number of carbonyl (C=O) groups is 1. The topological polar surface area (TPSA) is 67.1 Å². The molecule has 1 aliphatic heterocycles. The van der Waals surface area contributed by atoms with Crippen LogP contribution in [0.5, 0.6) is 0 Å². The van der Waals surface area contributed by atoms with Gasteiger partial charge >= 0.3 is 0 Å². The average molecular weight is 197 g/mol. The van der Waals surface area contributed by atoms with E-state index in [4.69, 9.17) is 5.73 Å². The van der Waals surface area contributed by atoms with Crippen LogP contribution in [0.3, 0.4) is 0 Å². The summed E-state index contributed by atoms with van der Waals surface area (Å²) in [7, 11) is 0. The molecule has 0 bridgehead atoms. The molecule has 0 unspecified atom stereocenters. The highest BCUT2D eigenvalue weighted by molar-refractivity contribution is 5.76. The Kier molecular flexibility index (Phi) is 2.74. The maximum Gasteiger partial charge on any atom is 0.221 e. The van der Waals surface area contributed by atoms with E-state index in [1.54, 1.807) is 0 Å². The lowest BCUT2D eigenvalue weighted by molar-refractivity contribution is -0.120. The number of nitrogens with two attached hydrogens (primary N) is 1. The Bertz CT molecular complexity index is 221. The average Bonchev–Trinajstić information content (AvgIpc) is 2.36. The molecule has 4 heteroatoms. The standard InChI is InChI=1S/C10H19N3O/c11-8-1-4-10(5-2-8)7-12-9(14)3-6-13-10/h8,13H,1-7,11H2,(H,12,14). The molecule has 1 saturated carbocycles. The Labute approximate surface area is 84.6 Å². The minimum absolute atomic E-state index is 0.141. The fourth-order valence-electron chi connectivity index (χ4n) is 2.41. The minimum atomic E-state index is 0.141. The molecule has 1 saturated heterocycles. The van der Waals surface area contributed by atoms with Gasteiger partial charge < -0.3 is 16.4 Å². The molecule has 80 valence electrons. The number of rotatable bonds is 0. The Morgan fingerprint density at radius 2 is 2.07 bits per heavy atom. The van der Waals surface area contributed by atoms with E-state index >= 15 is 0 Å². The molecule has 1 spiro atoms. The predicted molar refractivity (Wildman–Crippen MR) is 54.8 cm³/mol. The Hall–Kier alpha value is -0.610. The summed E-state index contributed by atoms with van der Waals surface area (Å²) in [5, 5.41) is 6.49. The molecule has 2 rings (SSSR count). The third-order valence-electron chi connectivity index (χ3n) is 3.46. The zero-order valence-corrected chi connectivity index (χ0v) is 8.51. The molecule has 4 nitrogen and oxygen atoms in total. The predicted octanol–water partition coefficient (Wildman–Crippen LogP) is -0.264. The number of carbonyl (C=O) groups excluding carboxylic acids is 1. The summed E-state index contributed by atoms with van der Waals surface area (Å²) in [4.78, 5) is 11.2. The van der Waals surface area contributed by atoms with Crippen molar-refractivity contribution in [3.05, 3.63) is 0 Å². The first-order chi connectivity index (χ1) is 6.70. The molecular weight excluding hydrogens is 178 g/mol. The largest absolute Gasteiger partial charge is 0.354 e. The zero-order chi connectivity index (χ0) is 10.0. The second-order valence-electron chi connectivity index (χ2n) is 4.57. The van der Waals surface area contributed by atoms with Gasteiger partial charge in [-0.05, 0) is 25.7 Å². The van der Waals surface area contributed by atoms with Crippen molar-refractivity contribution < 1.29 is 4.79 Å². The Morgan fingerprint density at radius 3 is 2.79 bits per heavy atom. The molecule has 4 N–H and O–H groups in total. The van der Waals surface area contributed by atoms with E-state index in [1.165, 1.54) is 0 Å². The molecule has 1 aliphatic carbocycles. The fraction of sp³-hybridized carbons (Fsp3) is 0.900. The second-order valence-corrected chi connectivity index (χ2v) is 4.57. The van der Waals surface area contributed by atoms with Crippen LogP contribution in [0, 0.1) is 0 Å². The van der Waals surface area contributed by atoms with Crippen LogP contribution in [-0.2, 0) is 4.79 Å². The van der Waals surface area contributed by atoms with Crippen molar-refractivity contribution in [3.63, 3.8) is 0 Å². The van der Waals surface area contributed by atoms with Gasteiger partial charge in [-0.2, -0.15) is 0 Å². The van der Waals surface area contributed by atoms with Gasteiger partial charge in [0.05, 0.1) is 0 Å². The van der Waals surface area contributed by atoms with E-state index in [0.717, 1.165) is 38.8 Å². The molecule has 1 heterocycles. The van der Waals surface area contributed by atoms with Crippen molar-refractivity contribution in [2.45, 2.75) is 43.7 Å². The van der Waals surface area contributed by atoms with Gasteiger partial charge in [0.25, 0.3) is 0 Å². The van der Waals surface area contributed by atoms with Crippen molar-refractivity contribution in [2.24, 2.45) is 5.73 Å². The van der Waals surface area contributed by atoms with E-state index in [9.17, 15) is 4.79 Å². The van der Waals surface area contributed by atoms with Crippen molar-refractivity contribution in [3.8, 4) is 0 Å². The highest BCUT2D eigenvalue weighted by Gasteiger charge is 2.35. The second kappa shape index (κ2) is 3.87. The van der Waals surface area contributed by atoms with Crippen LogP contribution in [0.15, 0.2) is 0 Å². The highest BCUT2D eigenvalue weighted by atomic mass is 16.1. The third-order valence-corrected chi connectivity index (χ3v) is 3.46. The number of nitrogens with one attached hydrogen (secondary N) is 2. The lowest BCUT2D eigenvalue weighted by atomic mass is 9.79. The van der Waals surface area contributed by atoms with Crippen LogP contribution < -0.4 is 16.4 Å². The van der Waals surface area contributed by atoms with Crippen molar-refractivity contribution in [1.29, 1.82) is 0 Å². The molecule has 2 fully saturated rings. The van der Waals surface area contributed by atoms with E-state index < -0.39 is 0 Å². The zero-order valence-electron chi connectivity index (χ0n) is 8.51. The maximum atomic E-state index is 11.2. The van der Waals surface area contributed by atoms with Gasteiger partial charge in [0.1, 0.15) is 0 Å². The van der Waals surface area contributed by atoms with Gasteiger partial charge in [0.2, 0.25) is 5.91 Å². The first-order valence-corrected chi connectivity index (χ1v) is 5.48. The Morgan fingerprint density at radius 1 is 1.36 bits per heavy atom. The number of amides is 1. The van der Waals surface area contributed by atoms with Crippen molar-refractivity contribution >= 4 is 5.91 Å². The van der Waals surface area contributed by atoms with Gasteiger partial charge in [0, 0.05) is 31.1 Å². The lowest BCUT2D eigenvalue weighted by Crippen LogP contribution is -2.54. The molecule has 0 aromatic carbocycles. The molecule has 0 aromatic rings. The van der Waals surface area contributed by atoms with Gasteiger partial charge in [-0.3, -0.25) is 4.79 Å². The highest BCUT2D eigenvalue weighted by Crippen LogP contribution is 2.27. The summed E-state index contributed by atoms with van der Waals surface area (Å²) in [5.74, 6) is 0.171. The van der Waals surface area contributed by atoms with E-state index in [1.807, 2.05) is 0 Å². The first kappa shape index (κ1) is 9.93. The maximum absolute atomic E-state index is 11.2. The van der Waals surface area contributed by atoms with Crippen LogP contribution in [0.25, 0.3) is 0 Å². The van der Waals surface area contributed by atoms with E-state index in [-0.39, 0.29) is 11.4 Å². The van der Waals surface area contributed by atoms with Gasteiger partial charge in [-0.1, -0.05) is 0 Å². The molecule has 2 aliphatic rings. The SMILES string of the molecule is NC1CCC2(CC1)CNC(=O)CCN2. The Balaban J connectivity index is 1.97. The van der Waals surface area contributed by atoms with Crippen LogP contribution in [0.4, 0.5) is 0 Å². The van der Waals surface area contributed by atoms with Crippen molar-refractivity contribution in [2.75, 3.05) is 13.1 Å². The third kappa shape index (κ3) is 2.07. The summed E-state index contributed by atoms with van der Waals surface area (Å²) >= 11 is 0. The number of hydrogen-bond donors (Lipinski definition) is 3. The van der Waals surface area contributed by atoms with Crippen LogP contribution in [-0.4, -0.2) is 30.6 Å². The smallest absolute Gasteiger partial charge is 0.221 e. The quantitative estimate of drug-likeness (QED) is 0.501. The van der Waals surface area contributed by atoms with Gasteiger partial charge in [0.15, 0.2) is 0 Å². The summed E-state index contributed by atoms with van der Waals surface area (Å²) in [6.07, 6.45) is 4.93. The van der Waals surface area contributed by atoms with Crippen molar-refractivity contribution in [1.82, 2.24) is 10.6 Å². The number of hydrogen-bond acceptors (Lipinski definition) is 3. The van der Waals surface area contributed by atoms with E-state index in [0.29, 0.717) is 12.5 Å². The molecule has 0 radical (unpaired) electrons. The summed E-state index contributed by atoms with van der Waals surface area (Å²) < 4.78 is 0. The van der Waals surface area contributed by atoms with Crippen LogP contribution in [0.2, 0.25) is 0 Å². The monoisotopic (exact) mass is 197 g/mol. The summed E-state index contributed by atoms with van der Waals surface area (Å²) in [5.41, 5.74) is 6.02. The van der Waals surface area contributed by atoms with Crippen LogP contribution >= 0.6 is 0 Å². The first-order valence-electron chi connectivity index (χ1n) is 5.48. The fourth-order valence-corrected chi connectivity index (χ4v) is 2.41. The molecular formula is C10H19N3O. The summed E-state index contributed by atoms with van der Waals surface area (Å²) in [6.45, 7) is 1.58. The van der Waals surface area contributed by atoms with E-state index in [2.05, 4.69) is 10.6 Å². The molecule has 0 atom stereocenters. The normalized spacial score (nSPS) is 39.2. The van der Waals surface area contributed by atoms with Gasteiger partial charge in [-0.15, -0.1) is 0 Å². The molecule has 14 heavy (non-hydrogen) atoms.